The Hall–Kier alpha value is -0.397. The van der Waals surface area contributed by atoms with E-state index in [1.807, 2.05) is 30.4 Å². The van der Waals surface area contributed by atoms with Crippen LogP contribution in [0.1, 0.15) is 30.7 Å². The maximum atomic E-state index is 9.37. The first kappa shape index (κ1) is 24.9. The smallest absolute Gasteiger partial charge is 1.00 e. The summed E-state index contributed by atoms with van der Waals surface area (Å²) in [5, 5.41) is 9.37. The molecule has 1 N–H and O–H groups in total. The van der Waals surface area contributed by atoms with Crippen LogP contribution in [0.15, 0.2) is 66.3 Å². The summed E-state index contributed by atoms with van der Waals surface area (Å²) in [7, 11) is 0. The number of hydrogen-bond acceptors (Lipinski definition) is 1. The number of rotatable bonds is 4. The van der Waals surface area contributed by atoms with Crippen LogP contribution in [0.5, 0.6) is 0 Å². The Morgan fingerprint density at radius 1 is 1.04 bits per heavy atom. The minimum atomic E-state index is 0. The van der Waals surface area contributed by atoms with Gasteiger partial charge in [0.2, 0.25) is 0 Å². The average Bonchev–Trinajstić information content (AvgIpc) is 3.21. The Labute approximate surface area is 171 Å². The van der Waals surface area contributed by atoms with Crippen LogP contribution in [0.4, 0.5) is 0 Å². The molecule has 4 heteroatoms. The fourth-order valence-corrected chi connectivity index (χ4v) is 2.21. The zero-order valence-electron chi connectivity index (χ0n) is 12.9. The number of hydrogen-bond donors (Lipinski definition) is 1. The van der Waals surface area contributed by atoms with Gasteiger partial charge in [-0.3, -0.25) is 12.2 Å². The zero-order valence-corrected chi connectivity index (χ0v) is 16.9. The number of halogens is 2. The van der Waals surface area contributed by atoms with E-state index in [1.165, 1.54) is 11.1 Å². The minimum Gasteiger partial charge on any atom is -1.00 e. The van der Waals surface area contributed by atoms with E-state index in [-0.39, 0.29) is 63.5 Å². The van der Waals surface area contributed by atoms with Crippen LogP contribution in [0.2, 0.25) is 0 Å². The second kappa shape index (κ2) is 15.1. The molecule has 2 aliphatic rings. The predicted molar refractivity (Wildman–Crippen MR) is 83.0 cm³/mol. The van der Waals surface area contributed by atoms with Gasteiger partial charge in [0.25, 0.3) is 0 Å². The molecule has 2 aliphatic carbocycles. The SMILES string of the molecule is OCC(CC1=[C-]CC=C1)c1ccccc1.[C-]1=CC=CC1.[Cl-].[Cl-].[Zr+4]. The molecule has 0 bridgehead atoms. The van der Waals surface area contributed by atoms with Gasteiger partial charge in [-0.15, -0.1) is 12.8 Å². The number of aliphatic hydroxyl groups is 1. The van der Waals surface area contributed by atoms with Crippen LogP contribution in [-0.2, 0) is 26.2 Å². The molecular formula is C19H20Cl2OZr. The molecule has 120 valence electrons. The largest absolute Gasteiger partial charge is 4.00 e. The van der Waals surface area contributed by atoms with Crippen LogP contribution in [0, 0.1) is 12.2 Å². The van der Waals surface area contributed by atoms with Crippen LogP contribution in [-0.4, -0.2) is 11.7 Å². The van der Waals surface area contributed by atoms with Crippen molar-refractivity contribution in [2.75, 3.05) is 6.61 Å². The van der Waals surface area contributed by atoms with Gasteiger partial charge in [-0.2, -0.15) is 12.2 Å². The third-order valence-corrected chi connectivity index (χ3v) is 3.31. The summed E-state index contributed by atoms with van der Waals surface area (Å²) < 4.78 is 0. The Morgan fingerprint density at radius 2 is 1.78 bits per heavy atom. The Bertz CT molecular complexity index is 511. The van der Waals surface area contributed by atoms with E-state index in [0.717, 1.165) is 19.3 Å². The quantitative estimate of drug-likeness (QED) is 0.561. The Balaban J connectivity index is 0. The molecule has 1 unspecified atom stereocenters. The topological polar surface area (TPSA) is 20.2 Å². The molecule has 0 saturated carbocycles. The molecule has 1 aromatic carbocycles. The molecule has 0 spiro atoms. The Morgan fingerprint density at radius 3 is 2.22 bits per heavy atom. The molecule has 1 atom stereocenters. The molecule has 0 fully saturated rings. The second-order valence-electron chi connectivity index (χ2n) is 4.81. The summed E-state index contributed by atoms with van der Waals surface area (Å²) >= 11 is 0. The van der Waals surface area contributed by atoms with Gasteiger partial charge in [-0.1, -0.05) is 36.8 Å². The molecule has 1 aromatic rings. The van der Waals surface area contributed by atoms with Crippen LogP contribution in [0.3, 0.4) is 0 Å². The monoisotopic (exact) mass is 424 g/mol. The molecular weight excluding hydrogens is 406 g/mol. The number of benzene rings is 1. The van der Waals surface area contributed by atoms with Crippen molar-refractivity contribution in [2.24, 2.45) is 0 Å². The van der Waals surface area contributed by atoms with E-state index in [4.69, 9.17) is 0 Å². The number of aliphatic hydroxyl groups excluding tert-OH is 1. The minimum absolute atomic E-state index is 0. The van der Waals surface area contributed by atoms with Crippen molar-refractivity contribution < 1.29 is 56.1 Å². The number of allylic oxidation sites excluding steroid dienone is 8. The molecule has 0 aliphatic heterocycles. The van der Waals surface area contributed by atoms with Crippen LogP contribution < -0.4 is 24.8 Å². The van der Waals surface area contributed by atoms with Crippen molar-refractivity contribution in [2.45, 2.75) is 25.2 Å². The molecule has 0 amide bonds. The first-order valence-electron chi connectivity index (χ1n) is 7.04. The average molecular weight is 426 g/mol. The van der Waals surface area contributed by atoms with E-state index in [0.29, 0.717) is 0 Å². The predicted octanol–water partition coefficient (Wildman–Crippen LogP) is -1.85. The third kappa shape index (κ3) is 9.47. The van der Waals surface area contributed by atoms with Crippen molar-refractivity contribution in [3.8, 4) is 0 Å². The standard InChI is InChI=1S/C14H15O.C5H5.2ClH.Zr/c15-11-14(10-12-6-4-5-7-12)13-8-2-1-3-9-13;1-2-4-5-3-1;;;/h1-4,6,8-9,14-15H,5,10-11H2;1-3H,4H2;2*1H;/q2*-1;;;+4/p-2. The maximum Gasteiger partial charge on any atom is 4.00 e. The second-order valence-corrected chi connectivity index (χ2v) is 4.81. The van der Waals surface area contributed by atoms with Gasteiger partial charge in [0.1, 0.15) is 0 Å². The van der Waals surface area contributed by atoms with Gasteiger partial charge in [-0.05, 0) is 5.56 Å². The summed E-state index contributed by atoms with van der Waals surface area (Å²) in [6.45, 7) is 0.197. The van der Waals surface area contributed by atoms with Crippen LogP contribution in [0.25, 0.3) is 0 Å². The first-order chi connectivity index (χ1) is 9.90. The van der Waals surface area contributed by atoms with Gasteiger partial charge in [-0.25, -0.2) is 23.8 Å². The van der Waals surface area contributed by atoms with Crippen LogP contribution >= 0.6 is 0 Å². The fourth-order valence-electron chi connectivity index (χ4n) is 2.21. The molecule has 3 rings (SSSR count). The zero-order chi connectivity index (χ0) is 14.0. The van der Waals surface area contributed by atoms with E-state index in [1.54, 1.807) is 0 Å². The van der Waals surface area contributed by atoms with Crippen molar-refractivity contribution in [1.29, 1.82) is 0 Å². The van der Waals surface area contributed by atoms with Crippen molar-refractivity contribution in [3.05, 3.63) is 84.0 Å². The maximum absolute atomic E-state index is 9.37. The van der Waals surface area contributed by atoms with E-state index >= 15 is 0 Å². The molecule has 0 aromatic heterocycles. The summed E-state index contributed by atoms with van der Waals surface area (Å²) in [6.07, 6.45) is 19.3. The summed E-state index contributed by atoms with van der Waals surface area (Å²) in [6, 6.07) is 10.2. The van der Waals surface area contributed by atoms with Gasteiger partial charge >= 0.3 is 26.2 Å². The summed E-state index contributed by atoms with van der Waals surface area (Å²) in [5.41, 5.74) is 2.42. The molecule has 0 saturated heterocycles. The molecule has 1 nitrogen and oxygen atoms in total. The van der Waals surface area contributed by atoms with E-state index in [9.17, 15) is 5.11 Å². The van der Waals surface area contributed by atoms with Gasteiger partial charge in [0.05, 0.1) is 6.61 Å². The Kier molecular flexibility index (Phi) is 16.4. The molecule has 0 heterocycles. The fraction of sp³-hybridized carbons (Fsp3) is 0.263. The summed E-state index contributed by atoms with van der Waals surface area (Å²) in [5.74, 6) is 0.205. The van der Waals surface area contributed by atoms with E-state index in [2.05, 4.69) is 42.5 Å². The molecule has 23 heavy (non-hydrogen) atoms. The normalized spacial score (nSPS) is 14.6. The van der Waals surface area contributed by atoms with E-state index < -0.39 is 0 Å². The summed E-state index contributed by atoms with van der Waals surface area (Å²) in [4.78, 5) is 0. The van der Waals surface area contributed by atoms with Gasteiger partial charge < -0.3 is 29.9 Å². The van der Waals surface area contributed by atoms with Crippen molar-refractivity contribution >= 4 is 0 Å². The van der Waals surface area contributed by atoms with Gasteiger partial charge in [0, 0.05) is 5.92 Å². The van der Waals surface area contributed by atoms with Gasteiger partial charge in [0.15, 0.2) is 0 Å². The molecule has 0 radical (unpaired) electrons. The third-order valence-electron chi connectivity index (χ3n) is 3.31. The first-order valence-corrected chi connectivity index (χ1v) is 7.04. The van der Waals surface area contributed by atoms with Crippen molar-refractivity contribution in [3.63, 3.8) is 0 Å². The van der Waals surface area contributed by atoms with Crippen molar-refractivity contribution in [1.82, 2.24) is 0 Å².